The number of carboxylic acids is 1. The van der Waals surface area contributed by atoms with Gasteiger partial charge in [0.15, 0.2) is 0 Å². The molecule has 5 heteroatoms. The third kappa shape index (κ3) is 4.55. The molecule has 17 heavy (non-hydrogen) atoms. The van der Waals surface area contributed by atoms with Gasteiger partial charge in [-0.25, -0.2) is 9.59 Å². The molecular formula is C12H16N2O3. The van der Waals surface area contributed by atoms with Crippen molar-refractivity contribution in [3.63, 3.8) is 0 Å². The lowest BCUT2D eigenvalue weighted by molar-refractivity contribution is 0.0697. The van der Waals surface area contributed by atoms with Crippen LogP contribution in [0.3, 0.4) is 0 Å². The van der Waals surface area contributed by atoms with Gasteiger partial charge in [0.1, 0.15) is 0 Å². The van der Waals surface area contributed by atoms with E-state index in [1.54, 1.807) is 12.1 Å². The molecule has 0 aliphatic rings. The van der Waals surface area contributed by atoms with Crippen molar-refractivity contribution in [3.8, 4) is 0 Å². The van der Waals surface area contributed by atoms with Crippen LogP contribution in [-0.4, -0.2) is 23.7 Å². The number of unbranched alkanes of at least 4 members (excludes halogenated alkanes) is 1. The van der Waals surface area contributed by atoms with Crippen LogP contribution in [0.1, 0.15) is 30.1 Å². The van der Waals surface area contributed by atoms with Crippen molar-refractivity contribution >= 4 is 17.7 Å². The fraction of sp³-hybridized carbons (Fsp3) is 0.333. The van der Waals surface area contributed by atoms with Crippen LogP contribution in [-0.2, 0) is 0 Å². The number of hydrogen-bond donors (Lipinski definition) is 3. The molecule has 1 rings (SSSR count). The first kappa shape index (κ1) is 13.0. The van der Waals surface area contributed by atoms with E-state index in [0.717, 1.165) is 12.8 Å². The van der Waals surface area contributed by atoms with E-state index in [1.807, 2.05) is 6.92 Å². The van der Waals surface area contributed by atoms with E-state index in [1.165, 1.54) is 12.1 Å². The van der Waals surface area contributed by atoms with Gasteiger partial charge in [-0.15, -0.1) is 0 Å². The Labute approximate surface area is 99.8 Å². The van der Waals surface area contributed by atoms with Gasteiger partial charge in [-0.3, -0.25) is 0 Å². The van der Waals surface area contributed by atoms with Crippen LogP contribution in [0.5, 0.6) is 0 Å². The van der Waals surface area contributed by atoms with Crippen molar-refractivity contribution in [2.24, 2.45) is 0 Å². The molecular weight excluding hydrogens is 220 g/mol. The van der Waals surface area contributed by atoms with Gasteiger partial charge in [0.05, 0.1) is 5.56 Å². The lowest BCUT2D eigenvalue weighted by Crippen LogP contribution is -2.29. The van der Waals surface area contributed by atoms with Crippen LogP contribution in [0, 0.1) is 0 Å². The third-order valence-electron chi connectivity index (χ3n) is 2.21. The first-order valence-electron chi connectivity index (χ1n) is 5.51. The van der Waals surface area contributed by atoms with Gasteiger partial charge in [0.2, 0.25) is 0 Å². The molecule has 5 nitrogen and oxygen atoms in total. The molecule has 1 aromatic carbocycles. The van der Waals surface area contributed by atoms with Crippen molar-refractivity contribution in [3.05, 3.63) is 29.8 Å². The van der Waals surface area contributed by atoms with Gasteiger partial charge in [0.25, 0.3) is 0 Å². The first-order chi connectivity index (χ1) is 8.13. The minimum absolute atomic E-state index is 0.196. The number of anilines is 1. The summed E-state index contributed by atoms with van der Waals surface area (Å²) in [5.41, 5.74) is 0.769. The summed E-state index contributed by atoms with van der Waals surface area (Å²) in [6.07, 6.45) is 1.96. The number of amides is 2. The normalized spacial score (nSPS) is 9.71. The fourth-order valence-electron chi connectivity index (χ4n) is 1.25. The van der Waals surface area contributed by atoms with Crippen LogP contribution in [0.15, 0.2) is 24.3 Å². The Bertz CT molecular complexity index is 387. The number of hydrogen-bond acceptors (Lipinski definition) is 2. The summed E-state index contributed by atoms with van der Waals surface area (Å²) in [5, 5.41) is 14.0. The smallest absolute Gasteiger partial charge is 0.335 e. The van der Waals surface area contributed by atoms with E-state index >= 15 is 0 Å². The molecule has 0 spiro atoms. The summed E-state index contributed by atoms with van der Waals surface area (Å²) >= 11 is 0. The highest BCUT2D eigenvalue weighted by atomic mass is 16.4. The predicted octanol–water partition coefficient (Wildman–Crippen LogP) is 2.31. The molecule has 1 aromatic rings. The van der Waals surface area contributed by atoms with Gasteiger partial charge in [-0.2, -0.15) is 0 Å². The highest BCUT2D eigenvalue weighted by Crippen LogP contribution is 2.09. The maximum atomic E-state index is 11.4. The fourth-order valence-corrected chi connectivity index (χ4v) is 1.25. The first-order valence-corrected chi connectivity index (χ1v) is 5.51. The highest BCUT2D eigenvalue weighted by molar-refractivity contribution is 5.91. The van der Waals surface area contributed by atoms with Crippen molar-refractivity contribution in [2.45, 2.75) is 19.8 Å². The largest absolute Gasteiger partial charge is 0.478 e. The maximum absolute atomic E-state index is 11.4. The standard InChI is InChI=1S/C12H16N2O3/c1-2-3-8-13-12(17)14-10-6-4-9(5-7-10)11(15)16/h4-7H,2-3,8H2,1H3,(H,15,16)(H2,13,14,17). The van der Waals surface area contributed by atoms with Crippen LogP contribution in [0.4, 0.5) is 10.5 Å². The maximum Gasteiger partial charge on any atom is 0.335 e. The number of carbonyl (C=O) groups is 2. The molecule has 0 aliphatic heterocycles. The monoisotopic (exact) mass is 236 g/mol. The quantitative estimate of drug-likeness (QED) is 0.686. The van der Waals surface area contributed by atoms with Crippen molar-refractivity contribution < 1.29 is 14.7 Å². The highest BCUT2D eigenvalue weighted by Gasteiger charge is 2.03. The molecule has 0 saturated carbocycles. The molecule has 3 N–H and O–H groups in total. The Balaban J connectivity index is 2.46. The van der Waals surface area contributed by atoms with E-state index in [9.17, 15) is 9.59 Å². The SMILES string of the molecule is CCCCNC(=O)Nc1ccc(C(=O)O)cc1. The van der Waals surface area contributed by atoms with Gasteiger partial charge in [0, 0.05) is 12.2 Å². The average molecular weight is 236 g/mol. The summed E-state index contributed by atoms with van der Waals surface area (Å²) in [6.45, 7) is 2.68. The summed E-state index contributed by atoms with van der Waals surface area (Å²) in [7, 11) is 0. The summed E-state index contributed by atoms with van der Waals surface area (Å²) < 4.78 is 0. The van der Waals surface area contributed by atoms with Gasteiger partial charge in [-0.05, 0) is 30.7 Å². The van der Waals surface area contributed by atoms with Crippen LogP contribution in [0.2, 0.25) is 0 Å². The molecule has 0 unspecified atom stereocenters. The minimum Gasteiger partial charge on any atom is -0.478 e. The van der Waals surface area contributed by atoms with E-state index < -0.39 is 5.97 Å². The Morgan fingerprint density at radius 3 is 2.41 bits per heavy atom. The summed E-state index contributed by atoms with van der Waals surface area (Å²) in [4.78, 5) is 22.0. The molecule has 0 heterocycles. The van der Waals surface area contributed by atoms with Crippen molar-refractivity contribution in [1.29, 1.82) is 0 Å². The Morgan fingerprint density at radius 1 is 1.24 bits per heavy atom. The molecule has 0 aliphatic carbocycles. The average Bonchev–Trinajstić information content (AvgIpc) is 2.30. The minimum atomic E-state index is -0.982. The van der Waals surface area contributed by atoms with Gasteiger partial charge < -0.3 is 15.7 Å². The lowest BCUT2D eigenvalue weighted by Gasteiger charge is -2.07. The number of aromatic carboxylic acids is 1. The zero-order chi connectivity index (χ0) is 12.7. The van der Waals surface area contributed by atoms with Crippen molar-refractivity contribution in [1.82, 2.24) is 5.32 Å². The van der Waals surface area contributed by atoms with Crippen LogP contribution < -0.4 is 10.6 Å². The second kappa shape index (κ2) is 6.52. The lowest BCUT2D eigenvalue weighted by atomic mass is 10.2. The second-order valence-electron chi connectivity index (χ2n) is 3.62. The molecule has 92 valence electrons. The number of urea groups is 1. The zero-order valence-electron chi connectivity index (χ0n) is 9.69. The molecule has 0 saturated heterocycles. The number of carbonyl (C=O) groups excluding carboxylic acids is 1. The number of benzene rings is 1. The van der Waals surface area contributed by atoms with Crippen LogP contribution >= 0.6 is 0 Å². The molecule has 0 radical (unpaired) electrons. The van der Waals surface area contributed by atoms with E-state index in [-0.39, 0.29) is 11.6 Å². The number of nitrogens with one attached hydrogen (secondary N) is 2. The second-order valence-corrected chi connectivity index (χ2v) is 3.62. The topological polar surface area (TPSA) is 78.4 Å². The third-order valence-corrected chi connectivity index (χ3v) is 2.21. The Kier molecular flexibility index (Phi) is 5.00. The molecule has 0 bridgehead atoms. The van der Waals surface area contributed by atoms with Crippen molar-refractivity contribution in [2.75, 3.05) is 11.9 Å². The Morgan fingerprint density at radius 2 is 1.88 bits per heavy atom. The molecule has 0 fully saturated rings. The summed E-state index contributed by atoms with van der Waals surface area (Å²) in [6, 6.07) is 5.74. The zero-order valence-corrected chi connectivity index (χ0v) is 9.69. The van der Waals surface area contributed by atoms with Gasteiger partial charge in [-0.1, -0.05) is 13.3 Å². The number of rotatable bonds is 5. The predicted molar refractivity (Wildman–Crippen MR) is 65.3 cm³/mol. The molecule has 0 aromatic heterocycles. The molecule has 2 amide bonds. The van der Waals surface area contributed by atoms with Gasteiger partial charge >= 0.3 is 12.0 Å². The van der Waals surface area contributed by atoms with E-state index in [4.69, 9.17) is 5.11 Å². The Hall–Kier alpha value is -2.04. The number of carboxylic acid groups (broad SMARTS) is 1. The van der Waals surface area contributed by atoms with E-state index in [2.05, 4.69) is 10.6 Å². The van der Waals surface area contributed by atoms with E-state index in [0.29, 0.717) is 12.2 Å². The molecule has 0 atom stereocenters. The van der Waals surface area contributed by atoms with Crippen LogP contribution in [0.25, 0.3) is 0 Å². The summed E-state index contributed by atoms with van der Waals surface area (Å²) in [5.74, 6) is -0.982.